The van der Waals surface area contributed by atoms with Crippen LogP contribution in [0.1, 0.15) is 10.4 Å². The van der Waals surface area contributed by atoms with Crippen LogP contribution in [0, 0.1) is 0 Å². The third-order valence-electron chi connectivity index (χ3n) is 1.45. The molecule has 0 atom stereocenters. The Hall–Kier alpha value is -0.780. The third-order valence-corrected chi connectivity index (χ3v) is 1.98. The van der Waals surface area contributed by atoms with E-state index in [0.29, 0.717) is 10.0 Å². The Kier molecular flexibility index (Phi) is 3.74. The Bertz CT molecular complexity index is 395. The van der Waals surface area contributed by atoms with Crippen molar-refractivity contribution in [2.45, 2.75) is 0 Å². The summed E-state index contributed by atoms with van der Waals surface area (Å²) in [5.74, 6) is -1.06. The van der Waals surface area contributed by atoms with Crippen molar-refractivity contribution >= 4 is 52.4 Å². The number of hydrogen-bond donors (Lipinski definition) is 3. The second-order valence-corrected chi connectivity index (χ2v) is 4.00. The number of carboxylic acids is 1. The molecular formula is C8H6ClNO2S2. The van der Waals surface area contributed by atoms with Crippen molar-refractivity contribution in [3.63, 3.8) is 0 Å². The van der Waals surface area contributed by atoms with E-state index in [0.717, 1.165) is 0 Å². The van der Waals surface area contributed by atoms with Crippen molar-refractivity contribution in [1.82, 2.24) is 0 Å². The van der Waals surface area contributed by atoms with Gasteiger partial charge in [-0.2, -0.15) is 0 Å². The van der Waals surface area contributed by atoms with E-state index in [-0.39, 0.29) is 10.6 Å². The Morgan fingerprint density at radius 2 is 2.21 bits per heavy atom. The van der Waals surface area contributed by atoms with E-state index in [1.807, 2.05) is 0 Å². The smallest absolute Gasteiger partial charge is 0.337 e. The van der Waals surface area contributed by atoms with Crippen LogP contribution in [0.5, 0.6) is 0 Å². The second-order valence-electron chi connectivity index (χ2n) is 2.43. The minimum absolute atomic E-state index is 0.0577. The highest BCUT2D eigenvalue weighted by Gasteiger charge is 2.08. The molecule has 74 valence electrons. The van der Waals surface area contributed by atoms with Crippen LogP contribution in [-0.2, 0) is 0 Å². The van der Waals surface area contributed by atoms with Crippen LogP contribution >= 0.6 is 36.4 Å². The molecule has 0 amide bonds. The Morgan fingerprint density at radius 1 is 1.57 bits per heavy atom. The molecule has 0 saturated heterocycles. The van der Waals surface area contributed by atoms with E-state index in [9.17, 15) is 4.79 Å². The molecule has 0 radical (unpaired) electrons. The van der Waals surface area contributed by atoms with Crippen molar-refractivity contribution < 1.29 is 9.90 Å². The molecule has 14 heavy (non-hydrogen) atoms. The number of benzene rings is 1. The van der Waals surface area contributed by atoms with Crippen molar-refractivity contribution in [3.05, 3.63) is 28.8 Å². The quantitative estimate of drug-likeness (QED) is 0.556. The summed E-state index contributed by atoms with van der Waals surface area (Å²) in [6, 6.07) is 4.45. The first-order chi connectivity index (χ1) is 6.50. The van der Waals surface area contributed by atoms with Crippen LogP contribution in [0.2, 0.25) is 5.02 Å². The number of thiol groups is 1. The van der Waals surface area contributed by atoms with Crippen molar-refractivity contribution in [1.29, 1.82) is 0 Å². The molecule has 1 aromatic carbocycles. The van der Waals surface area contributed by atoms with E-state index >= 15 is 0 Å². The largest absolute Gasteiger partial charge is 0.478 e. The van der Waals surface area contributed by atoms with Gasteiger partial charge in [0.25, 0.3) is 0 Å². The molecule has 0 aliphatic heterocycles. The molecule has 0 unspecified atom stereocenters. The van der Waals surface area contributed by atoms with Gasteiger partial charge in [0.05, 0.1) is 10.6 Å². The van der Waals surface area contributed by atoms with E-state index in [1.165, 1.54) is 12.1 Å². The average molecular weight is 248 g/mol. The first-order valence-corrected chi connectivity index (χ1v) is 4.77. The van der Waals surface area contributed by atoms with Crippen molar-refractivity contribution in [2.75, 3.05) is 5.32 Å². The van der Waals surface area contributed by atoms with Crippen LogP contribution in [0.4, 0.5) is 5.69 Å². The first kappa shape index (κ1) is 11.3. The number of halogens is 1. The summed E-state index contributed by atoms with van der Waals surface area (Å²) in [6.45, 7) is 0. The summed E-state index contributed by atoms with van der Waals surface area (Å²) in [7, 11) is 0. The number of aromatic carboxylic acids is 1. The summed E-state index contributed by atoms with van der Waals surface area (Å²) in [5.41, 5.74) is 0.669. The van der Waals surface area contributed by atoms with Crippen molar-refractivity contribution in [3.8, 4) is 0 Å². The van der Waals surface area contributed by atoms with Crippen LogP contribution in [0.3, 0.4) is 0 Å². The molecule has 0 saturated carbocycles. The van der Waals surface area contributed by atoms with E-state index in [4.69, 9.17) is 28.9 Å². The van der Waals surface area contributed by atoms with Crippen LogP contribution in [0.25, 0.3) is 0 Å². The Morgan fingerprint density at radius 3 is 2.64 bits per heavy atom. The SMILES string of the molecule is O=C(O)c1ccc(NC(=S)S)cc1Cl. The number of hydrogen-bond acceptors (Lipinski definition) is 2. The van der Waals surface area contributed by atoms with Gasteiger partial charge in [-0.15, -0.1) is 12.6 Å². The molecule has 0 fully saturated rings. The van der Waals surface area contributed by atoms with Gasteiger partial charge >= 0.3 is 5.97 Å². The van der Waals surface area contributed by atoms with E-state index in [1.54, 1.807) is 6.07 Å². The number of anilines is 1. The van der Waals surface area contributed by atoms with Gasteiger partial charge in [-0.1, -0.05) is 23.8 Å². The van der Waals surface area contributed by atoms with Crippen LogP contribution in [-0.4, -0.2) is 15.4 Å². The standard InChI is InChI=1S/C8H6ClNO2S2/c9-6-3-4(10-8(13)14)1-2-5(6)7(11)12/h1-3H,(H,11,12)(H2,10,13,14). The maximum Gasteiger partial charge on any atom is 0.337 e. The molecular weight excluding hydrogens is 242 g/mol. The van der Waals surface area contributed by atoms with Crippen molar-refractivity contribution in [2.24, 2.45) is 0 Å². The summed E-state index contributed by atoms with van der Waals surface area (Å²) < 4.78 is 0.296. The molecule has 0 bridgehead atoms. The van der Waals surface area contributed by atoms with Gasteiger partial charge in [0.15, 0.2) is 0 Å². The topological polar surface area (TPSA) is 49.3 Å². The number of rotatable bonds is 2. The monoisotopic (exact) mass is 247 g/mol. The van der Waals surface area contributed by atoms with Crippen LogP contribution < -0.4 is 5.32 Å². The normalized spacial score (nSPS) is 9.57. The average Bonchev–Trinajstić information content (AvgIpc) is 2.01. The molecule has 6 heteroatoms. The molecule has 1 rings (SSSR count). The zero-order valence-corrected chi connectivity index (χ0v) is 9.29. The predicted octanol–water partition coefficient (Wildman–Crippen LogP) is 2.66. The minimum atomic E-state index is -1.06. The fraction of sp³-hybridized carbons (Fsp3) is 0. The fourth-order valence-corrected chi connectivity index (χ4v) is 1.40. The molecule has 0 aromatic heterocycles. The molecule has 0 aliphatic carbocycles. The highest BCUT2D eigenvalue weighted by Crippen LogP contribution is 2.21. The van der Waals surface area contributed by atoms with Crippen LogP contribution in [0.15, 0.2) is 18.2 Å². The van der Waals surface area contributed by atoms with E-state index < -0.39 is 5.97 Å². The first-order valence-electron chi connectivity index (χ1n) is 3.53. The lowest BCUT2D eigenvalue weighted by Gasteiger charge is -2.04. The van der Waals surface area contributed by atoms with Gasteiger partial charge in [-0.25, -0.2) is 4.79 Å². The van der Waals surface area contributed by atoms with Gasteiger partial charge < -0.3 is 10.4 Å². The highest BCUT2D eigenvalue weighted by atomic mass is 35.5. The number of nitrogens with one attached hydrogen (secondary N) is 1. The Labute approximate surface area is 96.5 Å². The lowest BCUT2D eigenvalue weighted by atomic mass is 10.2. The van der Waals surface area contributed by atoms with Gasteiger partial charge in [-0.05, 0) is 18.2 Å². The predicted molar refractivity (Wildman–Crippen MR) is 63.6 cm³/mol. The van der Waals surface area contributed by atoms with Gasteiger partial charge in [0, 0.05) is 5.69 Å². The molecule has 1 aromatic rings. The third kappa shape index (κ3) is 2.87. The summed E-state index contributed by atoms with van der Waals surface area (Å²) in [4.78, 5) is 10.6. The van der Waals surface area contributed by atoms with Gasteiger partial charge in [0.1, 0.15) is 4.32 Å². The Balaban J connectivity index is 3.00. The van der Waals surface area contributed by atoms with Gasteiger partial charge in [-0.3, -0.25) is 0 Å². The maximum atomic E-state index is 10.6. The molecule has 3 nitrogen and oxygen atoms in total. The molecule has 0 heterocycles. The number of thiocarbonyl (C=S) groups is 1. The molecule has 2 N–H and O–H groups in total. The van der Waals surface area contributed by atoms with E-state index in [2.05, 4.69) is 17.9 Å². The summed E-state index contributed by atoms with van der Waals surface area (Å²) >= 11 is 14.3. The second kappa shape index (κ2) is 4.63. The lowest BCUT2D eigenvalue weighted by Crippen LogP contribution is -2.02. The zero-order chi connectivity index (χ0) is 10.7. The maximum absolute atomic E-state index is 10.6. The van der Waals surface area contributed by atoms with Gasteiger partial charge in [0.2, 0.25) is 0 Å². The highest BCUT2D eigenvalue weighted by molar-refractivity contribution is 8.11. The fourth-order valence-electron chi connectivity index (χ4n) is 0.890. The molecule has 0 spiro atoms. The molecule has 0 aliphatic rings. The summed E-state index contributed by atoms with van der Waals surface area (Å²) in [5, 5.41) is 11.6. The zero-order valence-electron chi connectivity index (χ0n) is 6.82. The number of carbonyl (C=O) groups is 1. The lowest BCUT2D eigenvalue weighted by molar-refractivity contribution is 0.0697. The summed E-state index contributed by atoms with van der Waals surface area (Å²) in [6.07, 6.45) is 0. The minimum Gasteiger partial charge on any atom is -0.478 e. The number of carboxylic acid groups (broad SMARTS) is 1.